The van der Waals surface area contributed by atoms with E-state index >= 15 is 0 Å². The summed E-state index contributed by atoms with van der Waals surface area (Å²) in [7, 11) is -4.40. The monoisotopic (exact) mass is 475 g/mol. The van der Waals surface area contributed by atoms with Crippen LogP contribution in [0, 0.1) is 11.3 Å². The number of fused-ring (bicyclic) bond motifs is 1. The van der Waals surface area contributed by atoms with E-state index in [2.05, 4.69) is 15.0 Å². The summed E-state index contributed by atoms with van der Waals surface area (Å²) in [6.07, 6.45) is -2.63. The van der Waals surface area contributed by atoms with Crippen molar-refractivity contribution in [2.75, 3.05) is 6.26 Å². The summed E-state index contributed by atoms with van der Waals surface area (Å²) >= 11 is 1.01. The molecule has 1 aromatic carbocycles. The number of benzene rings is 1. The van der Waals surface area contributed by atoms with Crippen LogP contribution < -0.4 is 0 Å². The highest BCUT2D eigenvalue weighted by molar-refractivity contribution is 7.98. The van der Waals surface area contributed by atoms with Crippen molar-refractivity contribution in [2.24, 2.45) is 0 Å². The third-order valence-corrected chi connectivity index (χ3v) is 6.78. The number of pyridine rings is 1. The SMILES string of the molecule is CSc1ncc(C(F)(F)F)c(-c2cc3ccc(C#N)nc3n2S(=O)(=O)c2ccccc2)n1. The molecule has 3 aromatic heterocycles. The van der Waals surface area contributed by atoms with Crippen LogP contribution in [-0.2, 0) is 16.2 Å². The average Bonchev–Trinajstić information content (AvgIpc) is 3.18. The molecule has 0 spiro atoms. The predicted octanol–water partition coefficient (Wildman–Crippen LogP) is 4.34. The molecule has 4 rings (SSSR count). The van der Waals surface area contributed by atoms with E-state index in [0.717, 1.165) is 11.8 Å². The van der Waals surface area contributed by atoms with Gasteiger partial charge in [-0.25, -0.2) is 27.3 Å². The van der Waals surface area contributed by atoms with E-state index in [1.807, 2.05) is 6.07 Å². The first kappa shape index (κ1) is 21.8. The minimum atomic E-state index is -4.84. The molecule has 0 N–H and O–H groups in total. The molecule has 0 fully saturated rings. The van der Waals surface area contributed by atoms with Crippen molar-refractivity contribution in [3.63, 3.8) is 0 Å². The normalized spacial score (nSPS) is 12.1. The van der Waals surface area contributed by atoms with Gasteiger partial charge in [-0.2, -0.15) is 18.4 Å². The molecule has 0 aliphatic rings. The van der Waals surface area contributed by atoms with Crippen LogP contribution in [-0.4, -0.2) is 33.6 Å². The second kappa shape index (κ2) is 7.92. The van der Waals surface area contributed by atoms with Gasteiger partial charge in [-0.05, 0) is 36.6 Å². The van der Waals surface area contributed by atoms with Gasteiger partial charge >= 0.3 is 6.18 Å². The Hall–Kier alpha value is -3.43. The summed E-state index contributed by atoms with van der Waals surface area (Å²) in [6.45, 7) is 0. The van der Waals surface area contributed by atoms with E-state index in [0.29, 0.717) is 10.2 Å². The molecule has 0 bridgehead atoms. The predicted molar refractivity (Wildman–Crippen MR) is 111 cm³/mol. The van der Waals surface area contributed by atoms with Gasteiger partial charge in [-0.1, -0.05) is 30.0 Å². The highest BCUT2D eigenvalue weighted by Gasteiger charge is 2.38. The molecule has 3 heterocycles. The molecule has 0 saturated heterocycles. The Bertz CT molecular complexity index is 1480. The third-order valence-electron chi connectivity index (χ3n) is 4.50. The maximum absolute atomic E-state index is 13.8. The highest BCUT2D eigenvalue weighted by atomic mass is 32.2. The molecule has 0 atom stereocenters. The maximum Gasteiger partial charge on any atom is 0.420 e. The van der Waals surface area contributed by atoms with Gasteiger partial charge in [0, 0.05) is 11.6 Å². The van der Waals surface area contributed by atoms with Crippen LogP contribution in [0.3, 0.4) is 0 Å². The zero-order chi connectivity index (χ0) is 23.1. The van der Waals surface area contributed by atoms with Crippen molar-refractivity contribution in [2.45, 2.75) is 16.2 Å². The number of thioether (sulfide) groups is 1. The largest absolute Gasteiger partial charge is 0.420 e. The van der Waals surface area contributed by atoms with Gasteiger partial charge in [0.05, 0.1) is 10.6 Å². The van der Waals surface area contributed by atoms with Crippen molar-refractivity contribution >= 4 is 32.8 Å². The van der Waals surface area contributed by atoms with Gasteiger partial charge in [0.15, 0.2) is 10.8 Å². The number of nitrogens with zero attached hydrogens (tertiary/aromatic N) is 5. The molecule has 162 valence electrons. The molecule has 0 radical (unpaired) electrons. The molecule has 12 heteroatoms. The molecule has 32 heavy (non-hydrogen) atoms. The van der Waals surface area contributed by atoms with Crippen LogP contribution in [0.25, 0.3) is 22.4 Å². The fourth-order valence-electron chi connectivity index (χ4n) is 3.09. The second-order valence-corrected chi connectivity index (χ2v) is 9.01. The molecule has 0 saturated carbocycles. The fourth-order valence-corrected chi connectivity index (χ4v) is 4.91. The zero-order valence-corrected chi connectivity index (χ0v) is 17.8. The number of hydrogen-bond acceptors (Lipinski definition) is 7. The molecule has 4 aromatic rings. The van der Waals surface area contributed by atoms with Gasteiger partial charge in [0.2, 0.25) is 0 Å². The van der Waals surface area contributed by atoms with Crippen molar-refractivity contribution in [1.82, 2.24) is 18.9 Å². The number of aromatic nitrogens is 4. The van der Waals surface area contributed by atoms with E-state index in [1.165, 1.54) is 42.5 Å². The lowest BCUT2D eigenvalue weighted by molar-refractivity contribution is -0.137. The standard InChI is InChI=1S/C20H12F3N5O2S2/c1-31-19-25-11-15(20(21,22)23)17(27-19)16-9-12-7-8-13(10-24)26-18(12)28(16)32(29,30)14-5-3-2-4-6-14/h2-9,11H,1H3. The summed E-state index contributed by atoms with van der Waals surface area (Å²) in [5, 5.41) is 9.47. The number of rotatable bonds is 4. The number of alkyl halides is 3. The summed E-state index contributed by atoms with van der Waals surface area (Å²) in [4.78, 5) is 11.6. The van der Waals surface area contributed by atoms with Crippen molar-refractivity contribution in [3.8, 4) is 17.5 Å². The minimum absolute atomic E-state index is 0.0348. The van der Waals surface area contributed by atoms with E-state index in [-0.39, 0.29) is 32.5 Å². The number of nitriles is 1. The van der Waals surface area contributed by atoms with Gasteiger partial charge in [0.1, 0.15) is 23.0 Å². The molecule has 0 amide bonds. The Kier molecular flexibility index (Phi) is 5.39. The lowest BCUT2D eigenvalue weighted by Crippen LogP contribution is -2.17. The quantitative estimate of drug-likeness (QED) is 0.320. The van der Waals surface area contributed by atoms with Crippen LogP contribution in [0.5, 0.6) is 0 Å². The van der Waals surface area contributed by atoms with Crippen molar-refractivity contribution in [1.29, 1.82) is 5.26 Å². The highest BCUT2D eigenvalue weighted by Crippen LogP contribution is 2.39. The van der Waals surface area contributed by atoms with Crippen LogP contribution in [0.15, 0.2) is 64.8 Å². The smallest absolute Gasteiger partial charge is 0.230 e. The lowest BCUT2D eigenvalue weighted by atomic mass is 10.1. The lowest BCUT2D eigenvalue weighted by Gasteiger charge is -2.15. The summed E-state index contributed by atoms with van der Waals surface area (Å²) < 4.78 is 69.1. The summed E-state index contributed by atoms with van der Waals surface area (Å²) in [5.41, 5.74) is -2.40. The molecule has 7 nitrogen and oxygen atoms in total. The van der Waals surface area contributed by atoms with E-state index in [1.54, 1.807) is 12.3 Å². The molecular formula is C20H12F3N5O2S2. The Morgan fingerprint density at radius 2 is 1.81 bits per heavy atom. The molecule has 0 aliphatic heterocycles. The molecule has 0 aliphatic carbocycles. The van der Waals surface area contributed by atoms with Crippen LogP contribution in [0.1, 0.15) is 11.3 Å². The third kappa shape index (κ3) is 3.69. The minimum Gasteiger partial charge on any atom is -0.230 e. The van der Waals surface area contributed by atoms with Crippen LogP contribution in [0.4, 0.5) is 13.2 Å². The first-order valence-corrected chi connectivity index (χ1v) is 11.5. The summed E-state index contributed by atoms with van der Waals surface area (Å²) in [5.74, 6) is 0. The molecule has 0 unspecified atom stereocenters. The van der Waals surface area contributed by atoms with Gasteiger partial charge in [0.25, 0.3) is 10.0 Å². The number of hydrogen-bond donors (Lipinski definition) is 0. The number of halogens is 3. The zero-order valence-electron chi connectivity index (χ0n) is 16.2. The fraction of sp³-hybridized carbons (Fsp3) is 0.100. The first-order chi connectivity index (χ1) is 15.2. The second-order valence-electron chi connectivity index (χ2n) is 6.45. The Labute approximate surface area is 184 Å². The topological polar surface area (TPSA) is 102 Å². The van der Waals surface area contributed by atoms with E-state index in [9.17, 15) is 26.9 Å². The van der Waals surface area contributed by atoms with E-state index in [4.69, 9.17) is 0 Å². The maximum atomic E-state index is 13.8. The Morgan fingerprint density at radius 3 is 2.44 bits per heavy atom. The van der Waals surface area contributed by atoms with Crippen molar-refractivity contribution in [3.05, 3.63) is 66.0 Å². The van der Waals surface area contributed by atoms with Crippen LogP contribution >= 0.6 is 11.8 Å². The Morgan fingerprint density at radius 1 is 1.09 bits per heavy atom. The van der Waals surface area contributed by atoms with Crippen molar-refractivity contribution < 1.29 is 21.6 Å². The van der Waals surface area contributed by atoms with Crippen LogP contribution in [0.2, 0.25) is 0 Å². The van der Waals surface area contributed by atoms with Gasteiger partial charge < -0.3 is 0 Å². The van der Waals surface area contributed by atoms with E-state index < -0.39 is 27.5 Å². The molecular weight excluding hydrogens is 463 g/mol. The first-order valence-electron chi connectivity index (χ1n) is 8.88. The van der Waals surface area contributed by atoms with Gasteiger partial charge in [-0.15, -0.1) is 0 Å². The summed E-state index contributed by atoms with van der Waals surface area (Å²) in [6, 6.07) is 13.1. The van der Waals surface area contributed by atoms with Gasteiger partial charge in [-0.3, -0.25) is 0 Å². The average molecular weight is 475 g/mol. The Balaban J connectivity index is 2.15.